The molecule has 0 unspecified atom stereocenters. The summed E-state index contributed by atoms with van der Waals surface area (Å²) in [6, 6.07) is 14.1. The molecule has 0 atom stereocenters. The summed E-state index contributed by atoms with van der Waals surface area (Å²) in [5.41, 5.74) is 1.77. The standard InChI is InChI=1S/C25H25Cl3N4O3/c1-3-31(4-2)11-12-32-21-8-6-5-7-20(21)29-25(32)30-24(33)22-10-9-17(35-22)15-34-23-18(27)13-16(26)14-19(23)28/h5-10,13-14H,3-4,11-12,15H2,1-2H3,(H,29,30,33). The molecule has 0 saturated heterocycles. The minimum absolute atomic E-state index is 0.0384. The maximum Gasteiger partial charge on any atom is 0.293 e. The van der Waals surface area contributed by atoms with Crippen molar-refractivity contribution in [3.63, 3.8) is 0 Å². The van der Waals surface area contributed by atoms with Gasteiger partial charge in [0.15, 0.2) is 11.5 Å². The van der Waals surface area contributed by atoms with Crippen LogP contribution in [0.4, 0.5) is 5.95 Å². The number of nitrogens with zero attached hydrogens (tertiary/aromatic N) is 3. The molecule has 35 heavy (non-hydrogen) atoms. The molecule has 2 aromatic heterocycles. The molecular formula is C25H25Cl3N4O3. The first-order valence-electron chi connectivity index (χ1n) is 11.2. The number of amides is 1. The maximum atomic E-state index is 13.0. The van der Waals surface area contributed by atoms with E-state index in [1.807, 2.05) is 28.8 Å². The quantitative estimate of drug-likeness (QED) is 0.243. The van der Waals surface area contributed by atoms with E-state index in [0.29, 0.717) is 29.0 Å². The van der Waals surface area contributed by atoms with Gasteiger partial charge >= 0.3 is 0 Å². The van der Waals surface area contributed by atoms with Crippen LogP contribution >= 0.6 is 34.8 Å². The van der Waals surface area contributed by atoms with Gasteiger partial charge in [-0.3, -0.25) is 10.1 Å². The molecule has 0 aliphatic carbocycles. The molecule has 0 fully saturated rings. The van der Waals surface area contributed by atoms with E-state index in [1.54, 1.807) is 12.1 Å². The van der Waals surface area contributed by atoms with Crippen molar-refractivity contribution in [1.29, 1.82) is 0 Å². The van der Waals surface area contributed by atoms with E-state index in [4.69, 9.17) is 44.0 Å². The zero-order chi connectivity index (χ0) is 24.9. The Bertz CT molecular complexity index is 1310. The third kappa shape index (κ3) is 5.93. The number of carbonyl (C=O) groups excluding carboxylic acids is 1. The molecular weight excluding hydrogens is 511 g/mol. The van der Waals surface area contributed by atoms with Gasteiger partial charge in [0, 0.05) is 18.1 Å². The van der Waals surface area contributed by atoms with Gasteiger partial charge < -0.3 is 18.6 Å². The van der Waals surface area contributed by atoms with Gasteiger partial charge in [-0.15, -0.1) is 0 Å². The van der Waals surface area contributed by atoms with Crippen molar-refractivity contribution in [1.82, 2.24) is 14.5 Å². The van der Waals surface area contributed by atoms with E-state index in [2.05, 4.69) is 29.0 Å². The van der Waals surface area contributed by atoms with Crippen LogP contribution in [0.5, 0.6) is 5.75 Å². The van der Waals surface area contributed by atoms with Crippen LogP contribution in [-0.2, 0) is 13.2 Å². The summed E-state index contributed by atoms with van der Waals surface area (Å²) in [5.74, 6) is 0.934. The Morgan fingerprint density at radius 1 is 1.09 bits per heavy atom. The van der Waals surface area contributed by atoms with E-state index in [9.17, 15) is 4.79 Å². The zero-order valence-electron chi connectivity index (χ0n) is 19.4. The van der Waals surface area contributed by atoms with Gasteiger partial charge in [-0.25, -0.2) is 4.98 Å². The van der Waals surface area contributed by atoms with Crippen molar-refractivity contribution in [3.8, 4) is 5.75 Å². The average molecular weight is 536 g/mol. The minimum Gasteiger partial charge on any atom is -0.483 e. The number of benzene rings is 2. The number of fused-ring (bicyclic) bond motifs is 1. The van der Waals surface area contributed by atoms with Crippen molar-refractivity contribution >= 4 is 57.7 Å². The number of anilines is 1. The zero-order valence-corrected chi connectivity index (χ0v) is 21.6. The number of furan rings is 1. The van der Waals surface area contributed by atoms with E-state index in [0.717, 1.165) is 30.7 Å². The molecule has 0 radical (unpaired) electrons. The highest BCUT2D eigenvalue weighted by Gasteiger charge is 2.18. The molecule has 1 amide bonds. The van der Waals surface area contributed by atoms with E-state index >= 15 is 0 Å². The number of rotatable bonds is 10. The van der Waals surface area contributed by atoms with Gasteiger partial charge in [0.25, 0.3) is 5.91 Å². The number of hydrogen-bond donors (Lipinski definition) is 1. The largest absolute Gasteiger partial charge is 0.483 e. The van der Waals surface area contributed by atoms with Crippen LogP contribution in [-0.4, -0.2) is 40.0 Å². The van der Waals surface area contributed by atoms with Gasteiger partial charge in [-0.1, -0.05) is 60.8 Å². The Kier molecular flexibility index (Phi) is 8.23. The number of halogens is 3. The van der Waals surface area contributed by atoms with Crippen molar-refractivity contribution in [2.75, 3.05) is 25.0 Å². The summed E-state index contributed by atoms with van der Waals surface area (Å²) in [6.45, 7) is 7.74. The number of carbonyl (C=O) groups is 1. The van der Waals surface area contributed by atoms with Crippen molar-refractivity contribution in [2.24, 2.45) is 0 Å². The van der Waals surface area contributed by atoms with Crippen LogP contribution in [0, 0.1) is 0 Å². The molecule has 0 bridgehead atoms. The van der Waals surface area contributed by atoms with Crippen LogP contribution in [0.15, 0.2) is 52.9 Å². The van der Waals surface area contributed by atoms with Crippen LogP contribution in [0.3, 0.4) is 0 Å². The number of nitrogens with one attached hydrogen (secondary N) is 1. The molecule has 4 rings (SSSR count). The predicted octanol–water partition coefficient (Wildman–Crippen LogP) is 6.76. The fourth-order valence-electron chi connectivity index (χ4n) is 3.73. The van der Waals surface area contributed by atoms with Gasteiger partial charge in [-0.05, 0) is 49.5 Å². The summed E-state index contributed by atoms with van der Waals surface area (Å²) >= 11 is 18.3. The normalized spacial score (nSPS) is 11.4. The number of hydrogen-bond acceptors (Lipinski definition) is 5. The summed E-state index contributed by atoms with van der Waals surface area (Å²) < 4.78 is 13.4. The van der Waals surface area contributed by atoms with Gasteiger partial charge in [0.1, 0.15) is 12.4 Å². The molecule has 7 nitrogen and oxygen atoms in total. The molecule has 1 N–H and O–H groups in total. The molecule has 0 saturated carbocycles. The Morgan fingerprint density at radius 3 is 2.51 bits per heavy atom. The maximum absolute atomic E-state index is 13.0. The minimum atomic E-state index is -0.404. The molecule has 0 spiro atoms. The van der Waals surface area contributed by atoms with E-state index in [1.165, 1.54) is 12.1 Å². The Morgan fingerprint density at radius 2 is 1.80 bits per heavy atom. The Labute approximate surface area is 218 Å². The highest BCUT2D eigenvalue weighted by atomic mass is 35.5. The van der Waals surface area contributed by atoms with Crippen LogP contribution in [0.25, 0.3) is 11.0 Å². The van der Waals surface area contributed by atoms with Gasteiger partial charge in [-0.2, -0.15) is 0 Å². The fraction of sp³-hybridized carbons (Fsp3) is 0.280. The van der Waals surface area contributed by atoms with Gasteiger partial charge in [0.2, 0.25) is 5.95 Å². The SMILES string of the molecule is CCN(CC)CCn1c(NC(=O)c2ccc(COc3c(Cl)cc(Cl)cc3Cl)o2)nc2ccccc21. The molecule has 4 aromatic rings. The lowest BCUT2D eigenvalue weighted by molar-refractivity contribution is 0.0991. The van der Waals surface area contributed by atoms with Crippen molar-refractivity contribution in [2.45, 2.75) is 27.0 Å². The van der Waals surface area contributed by atoms with Crippen LogP contribution in [0.2, 0.25) is 15.1 Å². The monoisotopic (exact) mass is 534 g/mol. The first-order valence-corrected chi connectivity index (χ1v) is 12.4. The summed E-state index contributed by atoms with van der Waals surface area (Å²) in [7, 11) is 0. The molecule has 10 heteroatoms. The predicted molar refractivity (Wildman–Crippen MR) is 140 cm³/mol. The van der Waals surface area contributed by atoms with Gasteiger partial charge in [0.05, 0.1) is 21.1 Å². The summed E-state index contributed by atoms with van der Waals surface area (Å²) in [5, 5.41) is 3.88. The first kappa shape index (κ1) is 25.4. The second-order valence-corrected chi connectivity index (χ2v) is 9.06. The van der Waals surface area contributed by atoms with Crippen LogP contribution < -0.4 is 10.1 Å². The number of likely N-dealkylation sites (N-methyl/N-ethyl adjacent to an activating group) is 1. The first-order chi connectivity index (χ1) is 16.9. The fourth-order valence-corrected chi connectivity index (χ4v) is 4.66. The third-order valence-electron chi connectivity index (χ3n) is 5.62. The number of ether oxygens (including phenoxy) is 1. The highest BCUT2D eigenvalue weighted by Crippen LogP contribution is 2.36. The molecule has 184 valence electrons. The number of aromatic nitrogens is 2. The van der Waals surface area contributed by atoms with Crippen molar-refractivity contribution in [3.05, 3.63) is 75.1 Å². The lowest BCUT2D eigenvalue weighted by Gasteiger charge is -2.19. The number of para-hydroxylation sites is 2. The lowest BCUT2D eigenvalue weighted by atomic mass is 10.3. The highest BCUT2D eigenvalue weighted by molar-refractivity contribution is 6.40. The number of imidazole rings is 1. The smallest absolute Gasteiger partial charge is 0.293 e. The summed E-state index contributed by atoms with van der Waals surface area (Å²) in [4.78, 5) is 19.9. The average Bonchev–Trinajstić information content (AvgIpc) is 3.44. The Balaban J connectivity index is 1.48. The molecule has 2 heterocycles. The van der Waals surface area contributed by atoms with E-state index < -0.39 is 5.91 Å². The molecule has 0 aliphatic heterocycles. The van der Waals surface area contributed by atoms with Crippen molar-refractivity contribution < 1.29 is 13.9 Å². The third-order valence-corrected chi connectivity index (χ3v) is 6.40. The topological polar surface area (TPSA) is 72.5 Å². The second-order valence-electron chi connectivity index (χ2n) is 7.81. The molecule has 2 aromatic carbocycles. The summed E-state index contributed by atoms with van der Waals surface area (Å²) in [6.07, 6.45) is 0. The Hall–Kier alpha value is -2.71. The second kappa shape index (κ2) is 11.4. The lowest BCUT2D eigenvalue weighted by Crippen LogP contribution is -2.27. The van der Waals surface area contributed by atoms with Crippen LogP contribution in [0.1, 0.15) is 30.2 Å². The van der Waals surface area contributed by atoms with E-state index in [-0.39, 0.29) is 22.4 Å². The molecule has 0 aliphatic rings.